The number of hydrogen-bond acceptors (Lipinski definition) is 6. The van der Waals surface area contributed by atoms with E-state index in [-0.39, 0.29) is 46.0 Å². The Balaban J connectivity index is 1.79. The Morgan fingerprint density at radius 3 is 2.52 bits per heavy atom. The van der Waals surface area contributed by atoms with Crippen molar-refractivity contribution in [2.24, 2.45) is 21.8 Å². The number of aliphatic imine (C=N–C) groups is 2. The molecule has 2 unspecified atom stereocenters. The van der Waals surface area contributed by atoms with Crippen molar-refractivity contribution in [2.45, 2.75) is 60.0 Å². The molecule has 4 aromatic rings. The van der Waals surface area contributed by atoms with Crippen LogP contribution in [-0.2, 0) is 11.2 Å². The van der Waals surface area contributed by atoms with Crippen LogP contribution < -0.4 is 10.5 Å². The van der Waals surface area contributed by atoms with Crippen molar-refractivity contribution >= 4 is 63.1 Å². The minimum Gasteiger partial charge on any atom is -0.363 e. The molecule has 9 nitrogen and oxygen atoms in total. The number of rotatable bonds is 7. The lowest BCUT2D eigenvalue weighted by Crippen LogP contribution is -2.57. The summed E-state index contributed by atoms with van der Waals surface area (Å²) in [6.45, 7) is 20.3. The molecule has 2 atom stereocenters. The Morgan fingerprint density at radius 2 is 1.90 bits per heavy atom. The molecule has 1 amide bonds. The number of H-pyrrole nitrogens is 1. The number of anilines is 1. The highest BCUT2D eigenvalue weighted by molar-refractivity contribution is 6.39. The van der Waals surface area contributed by atoms with Gasteiger partial charge in [-0.05, 0) is 56.2 Å². The van der Waals surface area contributed by atoms with Gasteiger partial charge in [0.2, 0.25) is 5.91 Å². The van der Waals surface area contributed by atoms with Gasteiger partial charge in [0.25, 0.3) is 5.56 Å². The number of benzene rings is 2. The smallest absolute Gasteiger partial charge is 0.261 e. The molecule has 0 saturated carbocycles. The molecule has 6 rings (SSSR count). The van der Waals surface area contributed by atoms with Gasteiger partial charge < -0.3 is 9.80 Å². The Bertz CT molecular complexity index is 2140. The summed E-state index contributed by atoms with van der Waals surface area (Å²) in [5.41, 5.74) is 5.32. The zero-order valence-electron chi connectivity index (χ0n) is 28.5. The van der Waals surface area contributed by atoms with Crippen LogP contribution in [0.3, 0.4) is 0 Å². The van der Waals surface area contributed by atoms with Gasteiger partial charge in [0.15, 0.2) is 0 Å². The molecule has 2 aliphatic rings. The number of halogens is 2. The van der Waals surface area contributed by atoms with Crippen LogP contribution in [0.25, 0.3) is 38.6 Å². The number of allylic oxidation sites excluding steroid dienone is 2. The van der Waals surface area contributed by atoms with Crippen molar-refractivity contribution in [2.75, 3.05) is 25.0 Å². The molecule has 11 heteroatoms. The lowest BCUT2D eigenvalue weighted by atomic mass is 9.93. The van der Waals surface area contributed by atoms with Crippen molar-refractivity contribution in [1.82, 2.24) is 19.7 Å². The standard InChI is InChI=1S/C37H41ClFN7O2/c1-10-28(47)44-17-22-13-24-34(45(22)16-21(44)7)23-14-26(39)30(29-20(6)11-12-27-25(29)15-42-43-27)31(38)35(23)46(37(24)48)36(32(40-8)18(2)3)33(41-9)19(4)5/h10-12,14-15,18-19,21-22H,1,8,13,16-17H2,2-7,9H3,(H,42,43)/b36-32+,41-33-. The molecule has 48 heavy (non-hydrogen) atoms. The first-order chi connectivity index (χ1) is 22.9. The van der Waals surface area contributed by atoms with Gasteiger partial charge in [0, 0.05) is 60.1 Å². The zero-order valence-corrected chi connectivity index (χ0v) is 29.2. The summed E-state index contributed by atoms with van der Waals surface area (Å²) in [5.74, 6) is -0.901. The number of pyridine rings is 1. The molecule has 4 heterocycles. The Labute approximate surface area is 284 Å². The van der Waals surface area contributed by atoms with E-state index < -0.39 is 5.82 Å². The molecule has 2 aromatic heterocycles. The molecule has 2 aromatic carbocycles. The maximum atomic E-state index is 16.9. The van der Waals surface area contributed by atoms with Crippen LogP contribution in [0.1, 0.15) is 45.7 Å². The average Bonchev–Trinajstić information content (AvgIpc) is 3.67. The molecule has 0 spiro atoms. The SMILES string of the molecule is C=CC(=O)N1CC2Cc3c(c4cc(F)c(-c5c(C)ccc6[nH]ncc56)c(Cl)c4n(C(/C(=N\C)C(C)C)=C(/N=C)C(C)C)c3=O)N2CC1C. The molecule has 0 bridgehead atoms. The average molecular weight is 670 g/mol. The number of nitrogens with one attached hydrogen (secondary N) is 1. The third-order valence-electron chi connectivity index (χ3n) is 9.74. The van der Waals surface area contributed by atoms with E-state index in [0.717, 1.165) is 11.1 Å². The van der Waals surface area contributed by atoms with Crippen molar-refractivity contribution in [3.05, 3.63) is 75.1 Å². The molecule has 0 aliphatic carbocycles. The van der Waals surface area contributed by atoms with Crippen molar-refractivity contribution < 1.29 is 9.18 Å². The number of hydrogen-bond donors (Lipinski definition) is 1. The number of carbonyl (C=O) groups is 1. The number of amides is 1. The first-order valence-corrected chi connectivity index (χ1v) is 16.6. The molecule has 0 radical (unpaired) electrons. The number of piperazine rings is 1. The predicted octanol–water partition coefficient (Wildman–Crippen LogP) is 7.05. The zero-order chi connectivity index (χ0) is 34.8. The Kier molecular flexibility index (Phi) is 8.66. The highest BCUT2D eigenvalue weighted by Gasteiger charge is 2.42. The number of aryl methyl sites for hydroxylation is 1. The number of aromatic amines is 1. The Morgan fingerprint density at radius 1 is 1.17 bits per heavy atom. The fourth-order valence-corrected chi connectivity index (χ4v) is 7.97. The van der Waals surface area contributed by atoms with E-state index in [4.69, 9.17) is 11.6 Å². The summed E-state index contributed by atoms with van der Waals surface area (Å²) < 4.78 is 18.5. The van der Waals surface area contributed by atoms with Crippen molar-refractivity contribution in [1.29, 1.82) is 0 Å². The van der Waals surface area contributed by atoms with E-state index in [1.165, 1.54) is 12.1 Å². The van der Waals surface area contributed by atoms with E-state index in [0.29, 0.717) is 69.7 Å². The number of carbonyl (C=O) groups excluding carboxylic acids is 1. The first-order valence-electron chi connectivity index (χ1n) is 16.3. The van der Waals surface area contributed by atoms with Gasteiger partial charge in [0.05, 0.1) is 51.1 Å². The predicted molar refractivity (Wildman–Crippen MR) is 195 cm³/mol. The summed E-state index contributed by atoms with van der Waals surface area (Å²) in [6, 6.07) is 4.95. The van der Waals surface area contributed by atoms with Gasteiger partial charge in [-0.1, -0.05) is 51.9 Å². The van der Waals surface area contributed by atoms with Gasteiger partial charge in [0.1, 0.15) is 5.82 Å². The third-order valence-corrected chi connectivity index (χ3v) is 10.1. The molecular formula is C37H41ClFN7O2. The minimum absolute atomic E-state index is 0.0954. The largest absolute Gasteiger partial charge is 0.363 e. The fraction of sp³-hybridized carbons (Fsp3) is 0.378. The van der Waals surface area contributed by atoms with E-state index in [2.05, 4.69) is 38.4 Å². The quantitative estimate of drug-likeness (QED) is 0.169. The number of aromatic nitrogens is 3. The van der Waals surface area contributed by atoms with Crippen LogP contribution in [0.2, 0.25) is 5.02 Å². The van der Waals surface area contributed by atoms with Gasteiger partial charge in [-0.2, -0.15) is 5.10 Å². The van der Waals surface area contributed by atoms with E-state index in [1.807, 2.05) is 53.7 Å². The van der Waals surface area contributed by atoms with Gasteiger partial charge in [-0.15, -0.1) is 0 Å². The molecule has 2 aliphatic heterocycles. The number of fused-ring (bicyclic) bond motifs is 6. The summed E-state index contributed by atoms with van der Waals surface area (Å²) in [6.07, 6.45) is 3.35. The lowest BCUT2D eigenvalue weighted by Gasteiger charge is -2.43. The molecule has 1 fully saturated rings. The minimum atomic E-state index is -0.515. The molecule has 250 valence electrons. The fourth-order valence-electron chi connectivity index (χ4n) is 7.60. The Hall–Kier alpha value is -4.57. The first kappa shape index (κ1) is 33.3. The highest BCUT2D eigenvalue weighted by Crippen LogP contribution is 2.47. The van der Waals surface area contributed by atoms with Crippen LogP contribution >= 0.6 is 11.6 Å². The third kappa shape index (κ3) is 5.00. The summed E-state index contributed by atoms with van der Waals surface area (Å²) in [7, 11) is 1.69. The van der Waals surface area contributed by atoms with Crippen LogP contribution in [0.15, 0.2) is 57.5 Å². The van der Waals surface area contributed by atoms with Crippen LogP contribution in [-0.4, -0.2) is 70.2 Å². The second-order valence-corrected chi connectivity index (χ2v) is 13.7. The molecule has 1 N–H and O–H groups in total. The van der Waals surface area contributed by atoms with E-state index >= 15 is 9.18 Å². The van der Waals surface area contributed by atoms with E-state index in [1.54, 1.807) is 22.7 Å². The highest BCUT2D eigenvalue weighted by atomic mass is 35.5. The maximum Gasteiger partial charge on any atom is 0.261 e. The summed E-state index contributed by atoms with van der Waals surface area (Å²) in [5, 5.41) is 8.51. The molecular weight excluding hydrogens is 629 g/mol. The van der Waals surface area contributed by atoms with Crippen molar-refractivity contribution in [3.63, 3.8) is 0 Å². The van der Waals surface area contributed by atoms with Gasteiger partial charge in [-0.25, -0.2) is 4.39 Å². The second-order valence-electron chi connectivity index (χ2n) is 13.4. The van der Waals surface area contributed by atoms with Crippen LogP contribution in [0.4, 0.5) is 10.1 Å². The van der Waals surface area contributed by atoms with Gasteiger partial charge >= 0.3 is 0 Å². The second kappa shape index (κ2) is 12.5. The maximum absolute atomic E-state index is 16.9. The summed E-state index contributed by atoms with van der Waals surface area (Å²) in [4.78, 5) is 41.0. The van der Waals surface area contributed by atoms with Crippen LogP contribution in [0.5, 0.6) is 0 Å². The van der Waals surface area contributed by atoms with E-state index in [9.17, 15) is 4.79 Å². The van der Waals surface area contributed by atoms with Crippen LogP contribution in [0, 0.1) is 24.6 Å². The van der Waals surface area contributed by atoms with Crippen molar-refractivity contribution in [3.8, 4) is 11.1 Å². The lowest BCUT2D eigenvalue weighted by molar-refractivity contribution is -0.128. The summed E-state index contributed by atoms with van der Waals surface area (Å²) >= 11 is 7.46. The topological polar surface area (TPSA) is 99.0 Å². The monoisotopic (exact) mass is 669 g/mol. The van der Waals surface area contributed by atoms with Gasteiger partial charge in [-0.3, -0.25) is 29.2 Å². The normalized spacial score (nSPS) is 18.5. The molecule has 1 saturated heterocycles. The number of nitrogens with zero attached hydrogens (tertiary/aromatic N) is 6.